The van der Waals surface area contributed by atoms with E-state index in [1.807, 2.05) is 18.7 Å². The molecule has 0 saturated carbocycles. The lowest BCUT2D eigenvalue weighted by Gasteiger charge is -2.22. The lowest BCUT2D eigenvalue weighted by Crippen LogP contribution is -2.25. The highest BCUT2D eigenvalue weighted by molar-refractivity contribution is 7.99. The largest absolute Gasteiger partial charge is 0.351 e. The summed E-state index contributed by atoms with van der Waals surface area (Å²) in [5, 5.41) is 3.56. The van der Waals surface area contributed by atoms with Crippen LogP contribution in [0.15, 0.2) is 0 Å². The summed E-state index contributed by atoms with van der Waals surface area (Å²) in [6.45, 7) is 1.81. The lowest BCUT2D eigenvalue weighted by molar-refractivity contribution is 0.658. The van der Waals surface area contributed by atoms with Crippen LogP contribution in [0.4, 0.5) is 5.95 Å². The zero-order chi connectivity index (χ0) is 10.7. The van der Waals surface area contributed by atoms with Crippen LogP contribution in [0, 0.1) is 6.92 Å². The van der Waals surface area contributed by atoms with Gasteiger partial charge in [-0.05, 0) is 42.9 Å². The smallest absolute Gasteiger partial charge is 0.227 e. The minimum atomic E-state index is 0.259. The van der Waals surface area contributed by atoms with Crippen molar-refractivity contribution in [1.29, 1.82) is 0 Å². The Kier molecular flexibility index (Phi) is 3.64. The predicted molar refractivity (Wildman–Crippen MR) is 63.5 cm³/mol. The zero-order valence-electron chi connectivity index (χ0n) is 8.53. The van der Waals surface area contributed by atoms with E-state index in [-0.39, 0.29) is 5.28 Å². The van der Waals surface area contributed by atoms with Crippen molar-refractivity contribution < 1.29 is 0 Å². The molecule has 0 bridgehead atoms. The molecule has 4 nitrogen and oxygen atoms in total. The molecule has 82 valence electrons. The van der Waals surface area contributed by atoms with Gasteiger partial charge in [-0.3, -0.25) is 0 Å². The first-order chi connectivity index (χ1) is 7.24. The van der Waals surface area contributed by atoms with Crippen LogP contribution in [0.1, 0.15) is 18.7 Å². The van der Waals surface area contributed by atoms with E-state index < -0.39 is 0 Å². The standard InChI is InChI=1S/C9H13ClN4S/c1-6-11-8(10)14-9(12-6)13-7-2-4-15-5-3-7/h7H,2-5H2,1H3,(H,11,12,13,14). The van der Waals surface area contributed by atoms with Gasteiger partial charge in [-0.1, -0.05) is 0 Å². The van der Waals surface area contributed by atoms with Crippen molar-refractivity contribution in [2.75, 3.05) is 16.8 Å². The SMILES string of the molecule is Cc1nc(Cl)nc(NC2CCSCC2)n1. The molecule has 0 aromatic carbocycles. The third-order valence-electron chi connectivity index (χ3n) is 2.27. The van der Waals surface area contributed by atoms with Gasteiger partial charge < -0.3 is 5.32 Å². The number of halogens is 1. The number of nitrogens with one attached hydrogen (secondary N) is 1. The van der Waals surface area contributed by atoms with Gasteiger partial charge in [0.1, 0.15) is 5.82 Å². The molecule has 0 aliphatic carbocycles. The molecule has 15 heavy (non-hydrogen) atoms. The van der Waals surface area contributed by atoms with Crippen molar-refractivity contribution in [3.63, 3.8) is 0 Å². The van der Waals surface area contributed by atoms with Crippen molar-refractivity contribution >= 4 is 29.3 Å². The van der Waals surface area contributed by atoms with Crippen LogP contribution in [-0.4, -0.2) is 32.5 Å². The average Bonchev–Trinajstić information content (AvgIpc) is 2.17. The second-order valence-corrected chi connectivity index (χ2v) is 5.07. The van der Waals surface area contributed by atoms with Crippen molar-refractivity contribution in [2.24, 2.45) is 0 Å². The first kappa shape index (κ1) is 11.0. The van der Waals surface area contributed by atoms with Crippen LogP contribution >= 0.6 is 23.4 Å². The number of aromatic nitrogens is 3. The van der Waals surface area contributed by atoms with Crippen LogP contribution in [0.25, 0.3) is 0 Å². The summed E-state index contributed by atoms with van der Waals surface area (Å²) in [6.07, 6.45) is 2.32. The normalized spacial score (nSPS) is 17.7. The van der Waals surface area contributed by atoms with Crippen molar-refractivity contribution in [3.05, 3.63) is 11.1 Å². The summed E-state index contributed by atoms with van der Waals surface area (Å²) in [6, 6.07) is 0.476. The Labute approximate surface area is 98.3 Å². The van der Waals surface area contributed by atoms with Crippen LogP contribution in [-0.2, 0) is 0 Å². The lowest BCUT2D eigenvalue weighted by atomic mass is 10.2. The van der Waals surface area contributed by atoms with Gasteiger partial charge in [0, 0.05) is 6.04 Å². The van der Waals surface area contributed by atoms with E-state index in [0.717, 1.165) is 12.8 Å². The molecule has 1 saturated heterocycles. The van der Waals surface area contributed by atoms with Crippen LogP contribution in [0.5, 0.6) is 0 Å². The van der Waals surface area contributed by atoms with Crippen molar-refractivity contribution in [3.8, 4) is 0 Å². The van der Waals surface area contributed by atoms with Gasteiger partial charge in [0.25, 0.3) is 0 Å². The molecule has 2 heterocycles. The number of hydrogen-bond acceptors (Lipinski definition) is 5. The van der Waals surface area contributed by atoms with E-state index in [1.165, 1.54) is 11.5 Å². The highest BCUT2D eigenvalue weighted by Gasteiger charge is 2.14. The molecule has 0 atom stereocenters. The third kappa shape index (κ3) is 3.21. The highest BCUT2D eigenvalue weighted by atomic mass is 35.5. The monoisotopic (exact) mass is 244 g/mol. The number of rotatable bonds is 2. The molecule has 1 N–H and O–H groups in total. The van der Waals surface area contributed by atoms with E-state index in [1.54, 1.807) is 0 Å². The molecule has 6 heteroatoms. The van der Waals surface area contributed by atoms with E-state index in [0.29, 0.717) is 17.8 Å². The maximum Gasteiger partial charge on any atom is 0.227 e. The molecule has 0 unspecified atom stereocenters. The molecular weight excluding hydrogens is 232 g/mol. The molecule has 0 amide bonds. The summed E-state index contributed by atoms with van der Waals surface area (Å²) in [5.74, 6) is 3.66. The fourth-order valence-electron chi connectivity index (χ4n) is 1.54. The second-order valence-electron chi connectivity index (χ2n) is 3.51. The Morgan fingerprint density at radius 1 is 1.27 bits per heavy atom. The molecular formula is C9H13ClN4S. The van der Waals surface area contributed by atoms with Crippen LogP contribution < -0.4 is 5.32 Å². The van der Waals surface area contributed by atoms with Crippen LogP contribution in [0.3, 0.4) is 0 Å². The Hall–Kier alpha value is -0.550. The minimum absolute atomic E-state index is 0.259. The highest BCUT2D eigenvalue weighted by Crippen LogP contribution is 2.19. The zero-order valence-corrected chi connectivity index (χ0v) is 10.1. The Bertz CT molecular complexity index is 321. The topological polar surface area (TPSA) is 50.7 Å². The molecule has 2 rings (SSSR count). The van der Waals surface area contributed by atoms with E-state index >= 15 is 0 Å². The Morgan fingerprint density at radius 2 is 2.00 bits per heavy atom. The number of aryl methyl sites for hydroxylation is 1. The van der Waals surface area contributed by atoms with Gasteiger partial charge in [-0.25, -0.2) is 4.98 Å². The quantitative estimate of drug-likeness (QED) is 0.864. The number of hydrogen-bond donors (Lipinski definition) is 1. The number of nitrogens with zero attached hydrogens (tertiary/aromatic N) is 3. The first-order valence-electron chi connectivity index (χ1n) is 4.96. The number of anilines is 1. The molecule has 0 radical (unpaired) electrons. The van der Waals surface area contributed by atoms with Gasteiger partial charge >= 0.3 is 0 Å². The Morgan fingerprint density at radius 3 is 2.67 bits per heavy atom. The predicted octanol–water partition coefficient (Wildman–Crippen LogP) is 2.14. The number of thioether (sulfide) groups is 1. The van der Waals surface area contributed by atoms with Gasteiger partial charge in [-0.15, -0.1) is 0 Å². The first-order valence-corrected chi connectivity index (χ1v) is 6.50. The molecule has 1 aliphatic rings. The van der Waals surface area contributed by atoms with E-state index in [9.17, 15) is 0 Å². The fraction of sp³-hybridized carbons (Fsp3) is 0.667. The van der Waals surface area contributed by atoms with Gasteiger partial charge in [-0.2, -0.15) is 21.7 Å². The molecule has 1 aromatic heterocycles. The summed E-state index contributed by atoms with van der Waals surface area (Å²) >= 11 is 7.76. The van der Waals surface area contributed by atoms with Gasteiger partial charge in [0.2, 0.25) is 11.2 Å². The minimum Gasteiger partial charge on any atom is -0.351 e. The third-order valence-corrected chi connectivity index (χ3v) is 3.49. The van der Waals surface area contributed by atoms with Gasteiger partial charge in [0.15, 0.2) is 0 Å². The fourth-order valence-corrected chi connectivity index (χ4v) is 2.85. The molecule has 0 spiro atoms. The maximum atomic E-state index is 5.76. The maximum absolute atomic E-state index is 5.76. The molecule has 1 aliphatic heterocycles. The van der Waals surface area contributed by atoms with Crippen molar-refractivity contribution in [2.45, 2.75) is 25.8 Å². The van der Waals surface area contributed by atoms with E-state index in [4.69, 9.17) is 11.6 Å². The Balaban J connectivity index is 2.02. The second kappa shape index (κ2) is 4.99. The van der Waals surface area contributed by atoms with Gasteiger partial charge in [0.05, 0.1) is 0 Å². The average molecular weight is 245 g/mol. The molecule has 1 fully saturated rings. The molecule has 1 aromatic rings. The summed E-state index contributed by atoms with van der Waals surface area (Å²) in [5.41, 5.74) is 0. The summed E-state index contributed by atoms with van der Waals surface area (Å²) in [4.78, 5) is 12.2. The van der Waals surface area contributed by atoms with Crippen molar-refractivity contribution in [1.82, 2.24) is 15.0 Å². The van der Waals surface area contributed by atoms with Crippen LogP contribution in [0.2, 0.25) is 5.28 Å². The summed E-state index contributed by atoms with van der Waals surface area (Å²) in [7, 11) is 0. The summed E-state index contributed by atoms with van der Waals surface area (Å²) < 4.78 is 0. The van der Waals surface area contributed by atoms with E-state index in [2.05, 4.69) is 20.3 Å².